The van der Waals surface area contributed by atoms with E-state index in [1.54, 1.807) is 12.1 Å². The van der Waals surface area contributed by atoms with Gasteiger partial charge >= 0.3 is 0 Å². The normalized spacial score (nSPS) is 13.0. The van der Waals surface area contributed by atoms with Crippen LogP contribution in [0.4, 0.5) is 0 Å². The highest BCUT2D eigenvalue weighted by Crippen LogP contribution is 2.22. The van der Waals surface area contributed by atoms with Crippen molar-refractivity contribution in [2.24, 2.45) is 0 Å². The van der Waals surface area contributed by atoms with Crippen LogP contribution in [0, 0.1) is 0 Å². The van der Waals surface area contributed by atoms with Crippen molar-refractivity contribution in [2.45, 2.75) is 13.0 Å². The predicted octanol–water partition coefficient (Wildman–Crippen LogP) is 1.96. The number of Topliss-reactive ketones (excluding diaryl/α,β-unsaturated/α-hetero) is 1. The maximum absolute atomic E-state index is 11.1. The molecule has 1 N–H and O–H groups in total. The minimum absolute atomic E-state index is 0.276. The number of hydrogen-bond donors (Lipinski definition) is 1. The Hall–Kier alpha value is -0.380. The number of carbonyl (C=O) groups excluding carboxylic acids is 1. The summed E-state index contributed by atoms with van der Waals surface area (Å²) in [5.74, 6) is -0.276. The third-order valence-corrected chi connectivity index (χ3v) is 2.44. The highest BCUT2D eigenvalue weighted by molar-refractivity contribution is 7.18. The van der Waals surface area contributed by atoms with Gasteiger partial charge in [0.25, 0.3) is 0 Å². The molecule has 0 aliphatic rings. The van der Waals surface area contributed by atoms with Gasteiger partial charge in [0.1, 0.15) is 6.10 Å². The monoisotopic (exact) mass is 190 g/mol. The van der Waals surface area contributed by atoms with Crippen LogP contribution in [0.15, 0.2) is 12.1 Å². The molecule has 2 nitrogen and oxygen atoms in total. The molecular weight excluding hydrogens is 184 g/mol. The van der Waals surface area contributed by atoms with Crippen LogP contribution < -0.4 is 0 Å². The molecular formula is C7H7ClO2S. The average Bonchev–Trinajstić information content (AvgIpc) is 2.34. The number of aliphatic hydroxyl groups is 1. The Labute approximate surface area is 73.4 Å². The zero-order valence-corrected chi connectivity index (χ0v) is 7.45. The number of hydrogen-bond acceptors (Lipinski definition) is 3. The number of halogens is 1. The number of aliphatic hydroxyl groups excluding tert-OH is 1. The fourth-order valence-corrected chi connectivity index (χ4v) is 1.72. The van der Waals surface area contributed by atoms with Crippen LogP contribution in [0.3, 0.4) is 0 Å². The molecule has 0 amide bonds. The number of rotatable bonds is 2. The lowest BCUT2D eigenvalue weighted by Crippen LogP contribution is -2.14. The minimum atomic E-state index is -0.940. The van der Waals surface area contributed by atoms with Gasteiger partial charge in [0.05, 0.1) is 9.21 Å². The van der Waals surface area contributed by atoms with Gasteiger partial charge in [-0.1, -0.05) is 11.6 Å². The molecule has 1 aromatic heterocycles. The van der Waals surface area contributed by atoms with Gasteiger partial charge < -0.3 is 5.11 Å². The Morgan fingerprint density at radius 1 is 1.73 bits per heavy atom. The molecule has 0 spiro atoms. The molecule has 0 aliphatic heterocycles. The quantitative estimate of drug-likeness (QED) is 0.724. The van der Waals surface area contributed by atoms with Gasteiger partial charge in [-0.3, -0.25) is 4.79 Å². The van der Waals surface area contributed by atoms with Crippen molar-refractivity contribution in [1.82, 2.24) is 0 Å². The van der Waals surface area contributed by atoms with Crippen molar-refractivity contribution < 1.29 is 9.90 Å². The summed E-state index contributed by atoms with van der Waals surface area (Å²) in [5, 5.41) is 8.90. The van der Waals surface area contributed by atoms with Gasteiger partial charge in [-0.15, -0.1) is 11.3 Å². The molecule has 0 aliphatic carbocycles. The van der Waals surface area contributed by atoms with Crippen LogP contribution in [0.5, 0.6) is 0 Å². The van der Waals surface area contributed by atoms with Crippen LogP contribution in [0.2, 0.25) is 4.34 Å². The summed E-state index contributed by atoms with van der Waals surface area (Å²) in [5.41, 5.74) is 0. The summed E-state index contributed by atoms with van der Waals surface area (Å²) in [4.78, 5) is 11.6. The smallest absolute Gasteiger partial charge is 0.200 e. The summed E-state index contributed by atoms with van der Waals surface area (Å²) in [6, 6.07) is 3.25. The first-order valence-electron chi connectivity index (χ1n) is 3.09. The summed E-state index contributed by atoms with van der Waals surface area (Å²) in [6.07, 6.45) is -0.940. The van der Waals surface area contributed by atoms with Crippen LogP contribution in [-0.2, 0) is 0 Å². The molecule has 0 bridgehead atoms. The van der Waals surface area contributed by atoms with Crippen LogP contribution in [-0.4, -0.2) is 17.0 Å². The number of ketones is 1. The van der Waals surface area contributed by atoms with Crippen molar-refractivity contribution in [2.75, 3.05) is 0 Å². The van der Waals surface area contributed by atoms with Crippen molar-refractivity contribution in [1.29, 1.82) is 0 Å². The van der Waals surface area contributed by atoms with Gasteiger partial charge in [-0.2, -0.15) is 0 Å². The van der Waals surface area contributed by atoms with Gasteiger partial charge in [-0.05, 0) is 19.1 Å². The molecule has 0 radical (unpaired) electrons. The number of thiophene rings is 1. The molecule has 0 saturated carbocycles. The summed E-state index contributed by atoms with van der Waals surface area (Å²) < 4.78 is 0.564. The summed E-state index contributed by atoms with van der Waals surface area (Å²) in [7, 11) is 0. The molecule has 1 heterocycles. The van der Waals surface area contributed by atoms with Crippen LogP contribution in [0.25, 0.3) is 0 Å². The van der Waals surface area contributed by atoms with E-state index in [9.17, 15) is 4.79 Å². The molecule has 1 atom stereocenters. The van der Waals surface area contributed by atoms with E-state index in [2.05, 4.69) is 0 Å². The molecule has 60 valence electrons. The standard InChI is InChI=1S/C7H7ClO2S/c1-4(9)7(10)5-2-3-6(8)11-5/h2-4,9H,1H3/t4-/m0/s1. The lowest BCUT2D eigenvalue weighted by atomic mass is 10.2. The Kier molecular flexibility index (Phi) is 2.65. The topological polar surface area (TPSA) is 37.3 Å². The SMILES string of the molecule is C[C@H](O)C(=O)c1ccc(Cl)s1. The molecule has 11 heavy (non-hydrogen) atoms. The van der Waals surface area contributed by atoms with E-state index < -0.39 is 6.10 Å². The van der Waals surface area contributed by atoms with Crippen molar-refractivity contribution in [3.8, 4) is 0 Å². The first kappa shape index (κ1) is 8.71. The second-order valence-corrected chi connectivity index (χ2v) is 3.86. The molecule has 1 rings (SSSR count). The van der Waals surface area contributed by atoms with Crippen molar-refractivity contribution in [3.63, 3.8) is 0 Å². The van der Waals surface area contributed by atoms with Gasteiger partial charge in [0, 0.05) is 0 Å². The van der Waals surface area contributed by atoms with Gasteiger partial charge in [0.15, 0.2) is 0 Å². The zero-order valence-electron chi connectivity index (χ0n) is 5.87. The van der Waals surface area contributed by atoms with E-state index in [1.807, 2.05) is 0 Å². The maximum atomic E-state index is 11.1. The molecule has 0 saturated heterocycles. The first-order chi connectivity index (χ1) is 5.11. The van der Waals surface area contributed by atoms with E-state index in [4.69, 9.17) is 16.7 Å². The zero-order chi connectivity index (χ0) is 8.43. The fraction of sp³-hybridized carbons (Fsp3) is 0.286. The molecule has 0 unspecified atom stereocenters. The third kappa shape index (κ3) is 2.02. The Balaban J connectivity index is 2.85. The van der Waals surface area contributed by atoms with Crippen LogP contribution >= 0.6 is 22.9 Å². The molecule has 4 heteroatoms. The van der Waals surface area contributed by atoms with Crippen molar-refractivity contribution in [3.05, 3.63) is 21.3 Å². The van der Waals surface area contributed by atoms with E-state index in [0.29, 0.717) is 9.21 Å². The third-order valence-electron chi connectivity index (χ3n) is 1.20. The fourth-order valence-electron chi connectivity index (χ4n) is 0.653. The Morgan fingerprint density at radius 2 is 2.36 bits per heavy atom. The average molecular weight is 191 g/mol. The first-order valence-corrected chi connectivity index (χ1v) is 4.28. The van der Waals surface area contributed by atoms with Crippen LogP contribution in [0.1, 0.15) is 16.6 Å². The van der Waals surface area contributed by atoms with Gasteiger partial charge in [-0.25, -0.2) is 0 Å². The lowest BCUT2D eigenvalue weighted by molar-refractivity contribution is 0.0784. The Morgan fingerprint density at radius 3 is 2.73 bits per heavy atom. The largest absolute Gasteiger partial charge is 0.385 e. The second-order valence-electron chi connectivity index (χ2n) is 2.14. The van der Waals surface area contributed by atoms with E-state index in [0.717, 1.165) is 0 Å². The van der Waals surface area contributed by atoms with E-state index in [1.165, 1.54) is 18.3 Å². The predicted molar refractivity (Wildman–Crippen MR) is 45.3 cm³/mol. The van der Waals surface area contributed by atoms with E-state index >= 15 is 0 Å². The second kappa shape index (κ2) is 3.34. The number of carbonyl (C=O) groups is 1. The van der Waals surface area contributed by atoms with E-state index in [-0.39, 0.29) is 5.78 Å². The summed E-state index contributed by atoms with van der Waals surface area (Å²) >= 11 is 6.77. The molecule has 0 aromatic carbocycles. The highest BCUT2D eigenvalue weighted by Gasteiger charge is 2.13. The highest BCUT2D eigenvalue weighted by atomic mass is 35.5. The Bertz CT molecular complexity index is 267. The van der Waals surface area contributed by atoms with Gasteiger partial charge in [0.2, 0.25) is 5.78 Å². The molecule has 1 aromatic rings. The minimum Gasteiger partial charge on any atom is -0.385 e. The summed E-state index contributed by atoms with van der Waals surface area (Å²) in [6.45, 7) is 1.44. The maximum Gasteiger partial charge on any atom is 0.200 e. The van der Waals surface area contributed by atoms with Crippen molar-refractivity contribution >= 4 is 28.7 Å². The molecule has 0 fully saturated rings. The lowest BCUT2D eigenvalue weighted by Gasteiger charge is -1.97.